The normalized spacial score (nSPS) is 13.7. The number of sulfone groups is 1. The Morgan fingerprint density at radius 3 is 2.29 bits per heavy atom. The van der Waals surface area contributed by atoms with Crippen LogP contribution in [-0.2, 0) is 14.6 Å². The van der Waals surface area contributed by atoms with Gasteiger partial charge in [0.05, 0.1) is 5.25 Å². The van der Waals surface area contributed by atoms with Gasteiger partial charge in [0.25, 0.3) is 0 Å². The number of carbonyl (C=O) groups is 1. The Balaban J connectivity index is 4.22. The van der Waals surface area contributed by atoms with Gasteiger partial charge in [-0.1, -0.05) is 6.92 Å². The first-order valence-corrected chi connectivity index (χ1v) is 7.72. The molecule has 0 aromatic carbocycles. The minimum Gasteiger partial charge on any atom is -0.353 e. The third-order valence-electron chi connectivity index (χ3n) is 2.25. The molecule has 0 saturated carbocycles. The van der Waals surface area contributed by atoms with E-state index in [0.29, 0.717) is 6.54 Å². The molecule has 0 rings (SSSR count). The zero-order chi connectivity index (χ0) is 13.5. The Morgan fingerprint density at radius 1 is 1.24 bits per heavy atom. The van der Waals surface area contributed by atoms with Gasteiger partial charge in [-0.15, -0.1) is 0 Å². The molecule has 0 aromatic rings. The lowest BCUT2D eigenvalue weighted by Crippen LogP contribution is -2.40. The molecule has 0 radical (unpaired) electrons. The summed E-state index contributed by atoms with van der Waals surface area (Å²) in [6.45, 7) is 8.43. The van der Waals surface area contributed by atoms with Crippen molar-refractivity contribution >= 4 is 15.7 Å². The summed E-state index contributed by atoms with van der Waals surface area (Å²) >= 11 is 0. The Hall–Kier alpha value is -0.620. The number of nitrogens with one attached hydrogen (secondary N) is 2. The number of amides is 1. The molecule has 1 atom stereocenters. The summed E-state index contributed by atoms with van der Waals surface area (Å²) in [6.07, 6.45) is 0.959. The van der Waals surface area contributed by atoms with Crippen LogP contribution >= 0.6 is 0 Å². The monoisotopic (exact) mass is 264 g/mol. The van der Waals surface area contributed by atoms with E-state index in [1.165, 1.54) is 0 Å². The standard InChI is InChI=1S/C11H24N2O3S/c1-5-6-12-7-10(4)17(15,16)8-11(14)13-9(2)3/h9-10,12H,5-8H2,1-4H3,(H,13,14). The van der Waals surface area contributed by atoms with Crippen LogP contribution in [0.25, 0.3) is 0 Å². The van der Waals surface area contributed by atoms with E-state index in [0.717, 1.165) is 13.0 Å². The minimum atomic E-state index is -3.36. The molecule has 0 saturated heterocycles. The van der Waals surface area contributed by atoms with Crippen LogP contribution in [0.4, 0.5) is 0 Å². The lowest BCUT2D eigenvalue weighted by atomic mass is 10.4. The van der Waals surface area contributed by atoms with Crippen molar-refractivity contribution in [1.82, 2.24) is 10.6 Å². The molecule has 0 aliphatic carbocycles. The largest absolute Gasteiger partial charge is 0.353 e. The molecule has 1 amide bonds. The maximum absolute atomic E-state index is 11.8. The number of hydrogen-bond donors (Lipinski definition) is 2. The summed E-state index contributed by atoms with van der Waals surface area (Å²) < 4.78 is 23.6. The molecular weight excluding hydrogens is 240 g/mol. The Labute approximate surface area is 104 Å². The molecule has 0 bridgehead atoms. The van der Waals surface area contributed by atoms with E-state index in [-0.39, 0.29) is 6.04 Å². The molecule has 102 valence electrons. The first kappa shape index (κ1) is 16.4. The maximum atomic E-state index is 11.8. The molecule has 0 fully saturated rings. The van der Waals surface area contributed by atoms with E-state index in [9.17, 15) is 13.2 Å². The molecule has 6 heteroatoms. The van der Waals surface area contributed by atoms with Gasteiger partial charge in [-0.3, -0.25) is 4.79 Å². The van der Waals surface area contributed by atoms with Gasteiger partial charge >= 0.3 is 0 Å². The van der Waals surface area contributed by atoms with Crippen molar-refractivity contribution < 1.29 is 13.2 Å². The summed E-state index contributed by atoms with van der Waals surface area (Å²) in [5.41, 5.74) is 0. The summed E-state index contributed by atoms with van der Waals surface area (Å²) in [5.74, 6) is -0.859. The smallest absolute Gasteiger partial charge is 0.235 e. The first-order valence-electron chi connectivity index (χ1n) is 6.01. The van der Waals surface area contributed by atoms with E-state index in [1.807, 2.05) is 6.92 Å². The quantitative estimate of drug-likeness (QED) is 0.619. The molecule has 0 heterocycles. The van der Waals surface area contributed by atoms with E-state index in [2.05, 4.69) is 10.6 Å². The SMILES string of the molecule is CCCNCC(C)S(=O)(=O)CC(=O)NC(C)C. The fourth-order valence-electron chi connectivity index (χ4n) is 1.30. The van der Waals surface area contributed by atoms with E-state index in [1.54, 1.807) is 20.8 Å². The van der Waals surface area contributed by atoms with Crippen molar-refractivity contribution in [3.63, 3.8) is 0 Å². The highest BCUT2D eigenvalue weighted by Crippen LogP contribution is 2.01. The average molecular weight is 264 g/mol. The molecule has 17 heavy (non-hydrogen) atoms. The highest BCUT2D eigenvalue weighted by molar-refractivity contribution is 7.92. The van der Waals surface area contributed by atoms with Gasteiger partial charge in [0.2, 0.25) is 5.91 Å². The molecule has 0 aliphatic heterocycles. The fraction of sp³-hybridized carbons (Fsp3) is 0.909. The van der Waals surface area contributed by atoms with Gasteiger partial charge in [0, 0.05) is 12.6 Å². The van der Waals surface area contributed by atoms with Crippen LogP contribution in [0.1, 0.15) is 34.1 Å². The molecule has 5 nitrogen and oxygen atoms in total. The third kappa shape index (κ3) is 7.33. The third-order valence-corrected chi connectivity index (χ3v) is 4.31. The van der Waals surface area contributed by atoms with Crippen LogP contribution in [0.5, 0.6) is 0 Å². The summed E-state index contributed by atoms with van der Waals surface area (Å²) in [7, 11) is -3.36. The molecule has 0 spiro atoms. The molecule has 0 aromatic heterocycles. The topological polar surface area (TPSA) is 75.3 Å². The first-order chi connectivity index (χ1) is 7.79. The van der Waals surface area contributed by atoms with E-state index >= 15 is 0 Å². The fourth-order valence-corrected chi connectivity index (χ4v) is 2.40. The van der Waals surface area contributed by atoms with E-state index < -0.39 is 26.7 Å². The lowest BCUT2D eigenvalue weighted by molar-refractivity contribution is -0.119. The van der Waals surface area contributed by atoms with Crippen LogP contribution in [0.2, 0.25) is 0 Å². The van der Waals surface area contributed by atoms with Crippen LogP contribution < -0.4 is 10.6 Å². The van der Waals surface area contributed by atoms with Crippen molar-refractivity contribution in [3.8, 4) is 0 Å². The highest BCUT2D eigenvalue weighted by Gasteiger charge is 2.24. The van der Waals surface area contributed by atoms with Gasteiger partial charge in [-0.2, -0.15) is 0 Å². The number of hydrogen-bond acceptors (Lipinski definition) is 4. The maximum Gasteiger partial charge on any atom is 0.235 e. The van der Waals surface area contributed by atoms with Gasteiger partial charge in [0.15, 0.2) is 9.84 Å². The number of carbonyl (C=O) groups excluding carboxylic acids is 1. The summed E-state index contributed by atoms with van der Waals surface area (Å²) in [6, 6.07) is -0.0359. The van der Waals surface area contributed by atoms with Crippen molar-refractivity contribution in [3.05, 3.63) is 0 Å². The highest BCUT2D eigenvalue weighted by atomic mass is 32.2. The van der Waals surface area contributed by atoms with Crippen LogP contribution in [0, 0.1) is 0 Å². The second-order valence-electron chi connectivity index (χ2n) is 4.54. The summed E-state index contributed by atoms with van der Waals surface area (Å²) in [5, 5.41) is 5.09. The van der Waals surface area contributed by atoms with Gasteiger partial charge in [-0.05, 0) is 33.7 Å². The molecular formula is C11H24N2O3S. The summed E-state index contributed by atoms with van der Waals surface area (Å²) in [4.78, 5) is 11.4. The zero-order valence-corrected chi connectivity index (χ0v) is 11.9. The van der Waals surface area contributed by atoms with Crippen molar-refractivity contribution in [2.24, 2.45) is 0 Å². The van der Waals surface area contributed by atoms with Gasteiger partial charge in [0.1, 0.15) is 5.75 Å². The Kier molecular flexibility index (Phi) is 7.38. The van der Waals surface area contributed by atoms with Crippen molar-refractivity contribution in [2.75, 3.05) is 18.8 Å². The van der Waals surface area contributed by atoms with Crippen LogP contribution in [0.15, 0.2) is 0 Å². The van der Waals surface area contributed by atoms with Crippen LogP contribution in [-0.4, -0.2) is 44.5 Å². The molecule has 0 aliphatic rings. The van der Waals surface area contributed by atoms with Gasteiger partial charge in [-0.25, -0.2) is 8.42 Å². The minimum absolute atomic E-state index is 0.0359. The van der Waals surface area contributed by atoms with Crippen molar-refractivity contribution in [2.45, 2.75) is 45.4 Å². The Bertz CT molecular complexity index is 326. The second-order valence-corrected chi connectivity index (χ2v) is 6.96. The van der Waals surface area contributed by atoms with E-state index in [4.69, 9.17) is 0 Å². The van der Waals surface area contributed by atoms with Gasteiger partial charge < -0.3 is 10.6 Å². The second kappa shape index (κ2) is 7.66. The average Bonchev–Trinajstić information content (AvgIpc) is 2.15. The predicted octanol–water partition coefficient (Wildman–Crippen LogP) is 0.314. The zero-order valence-electron chi connectivity index (χ0n) is 11.1. The molecule has 1 unspecified atom stereocenters. The lowest BCUT2D eigenvalue weighted by Gasteiger charge is -2.14. The van der Waals surface area contributed by atoms with Crippen LogP contribution in [0.3, 0.4) is 0 Å². The number of rotatable bonds is 8. The Morgan fingerprint density at radius 2 is 1.82 bits per heavy atom. The molecule has 2 N–H and O–H groups in total. The predicted molar refractivity (Wildman–Crippen MR) is 69.7 cm³/mol. The van der Waals surface area contributed by atoms with Crippen molar-refractivity contribution in [1.29, 1.82) is 0 Å².